The largest absolute Gasteiger partial charge is 0.409 e. The Morgan fingerprint density at radius 1 is 1.53 bits per heavy atom. The smallest absolute Gasteiger partial charge is 0.233 e. The van der Waals surface area contributed by atoms with Crippen molar-refractivity contribution in [3.05, 3.63) is 0 Å². The fourth-order valence-electron chi connectivity index (χ4n) is 1.64. The number of rotatable bonds is 7. The number of oxime groups is 1. The summed E-state index contributed by atoms with van der Waals surface area (Å²) in [7, 11) is 1.59. The summed E-state index contributed by atoms with van der Waals surface area (Å²) < 4.78 is 4.95. The molecule has 0 heterocycles. The molecule has 0 spiro atoms. The number of methoxy groups -OCH3 is 1. The lowest BCUT2D eigenvalue weighted by molar-refractivity contribution is -0.135. The molecule has 3 N–H and O–H groups in total. The predicted octanol–water partition coefficient (Wildman–Crippen LogP) is 0.500. The highest BCUT2D eigenvalue weighted by molar-refractivity contribution is 6.02. The van der Waals surface area contributed by atoms with Gasteiger partial charge in [0.15, 0.2) is 5.84 Å². The van der Waals surface area contributed by atoms with Crippen molar-refractivity contribution in [1.82, 2.24) is 4.90 Å². The molecule has 17 heavy (non-hydrogen) atoms. The van der Waals surface area contributed by atoms with Crippen LogP contribution in [0.15, 0.2) is 5.16 Å². The molecule has 0 aromatic carbocycles. The monoisotopic (exact) mass is 245 g/mol. The third-order valence-electron chi connectivity index (χ3n) is 2.63. The lowest BCUT2D eigenvalue weighted by Crippen LogP contribution is -2.45. The molecule has 0 saturated heterocycles. The topological polar surface area (TPSA) is 88.2 Å². The van der Waals surface area contributed by atoms with E-state index in [2.05, 4.69) is 5.16 Å². The summed E-state index contributed by atoms with van der Waals surface area (Å²) >= 11 is 0. The lowest BCUT2D eigenvalue weighted by atomic mass is 9.93. The van der Waals surface area contributed by atoms with Gasteiger partial charge in [0, 0.05) is 20.2 Å². The molecule has 0 saturated carbocycles. The van der Waals surface area contributed by atoms with E-state index >= 15 is 0 Å². The van der Waals surface area contributed by atoms with E-state index in [-0.39, 0.29) is 17.7 Å². The highest BCUT2D eigenvalue weighted by atomic mass is 16.5. The zero-order chi connectivity index (χ0) is 13.4. The van der Waals surface area contributed by atoms with Crippen molar-refractivity contribution < 1.29 is 14.7 Å². The average molecular weight is 245 g/mol. The first-order valence-electron chi connectivity index (χ1n) is 5.74. The van der Waals surface area contributed by atoms with Gasteiger partial charge in [-0.3, -0.25) is 4.79 Å². The Balaban J connectivity index is 4.80. The molecule has 0 aliphatic carbocycles. The van der Waals surface area contributed by atoms with E-state index in [9.17, 15) is 4.79 Å². The Bertz CT molecular complexity index is 267. The minimum absolute atomic E-state index is 0.0185. The number of hydrogen-bond donors (Lipinski definition) is 2. The van der Waals surface area contributed by atoms with Crippen LogP contribution in [0.3, 0.4) is 0 Å². The zero-order valence-corrected chi connectivity index (χ0v) is 11.0. The first kappa shape index (κ1) is 15.7. The van der Waals surface area contributed by atoms with Crippen molar-refractivity contribution in [3.8, 4) is 0 Å². The van der Waals surface area contributed by atoms with Crippen LogP contribution in [0.1, 0.15) is 20.8 Å². The lowest BCUT2D eigenvalue weighted by Gasteiger charge is -2.27. The van der Waals surface area contributed by atoms with Crippen LogP contribution in [0.25, 0.3) is 0 Å². The SMILES string of the molecule is CCN(CCOC)C(=O)C(C(N)=NO)C(C)C. The highest BCUT2D eigenvalue weighted by Crippen LogP contribution is 2.14. The van der Waals surface area contributed by atoms with Gasteiger partial charge in [-0.15, -0.1) is 0 Å². The van der Waals surface area contributed by atoms with Gasteiger partial charge in [0.2, 0.25) is 5.91 Å². The molecule has 1 unspecified atom stereocenters. The van der Waals surface area contributed by atoms with Crippen LogP contribution in [0.5, 0.6) is 0 Å². The van der Waals surface area contributed by atoms with Gasteiger partial charge in [-0.1, -0.05) is 19.0 Å². The number of nitrogens with two attached hydrogens (primary N) is 1. The Kier molecular flexibility index (Phi) is 7.29. The van der Waals surface area contributed by atoms with Crippen molar-refractivity contribution >= 4 is 11.7 Å². The van der Waals surface area contributed by atoms with Gasteiger partial charge in [0.05, 0.1) is 6.61 Å². The number of ether oxygens (including phenoxy) is 1. The van der Waals surface area contributed by atoms with Gasteiger partial charge < -0.3 is 20.6 Å². The maximum atomic E-state index is 12.2. The number of hydrogen-bond acceptors (Lipinski definition) is 4. The minimum atomic E-state index is -0.586. The van der Waals surface area contributed by atoms with E-state index in [1.807, 2.05) is 20.8 Å². The fraction of sp³-hybridized carbons (Fsp3) is 0.818. The fourth-order valence-corrected chi connectivity index (χ4v) is 1.64. The number of likely N-dealkylation sites (N-methyl/N-ethyl adjacent to an activating group) is 1. The van der Waals surface area contributed by atoms with Crippen LogP contribution in [0, 0.1) is 11.8 Å². The second-order valence-corrected chi connectivity index (χ2v) is 4.16. The van der Waals surface area contributed by atoms with E-state index in [0.717, 1.165) is 0 Å². The Labute approximate surface area is 102 Å². The quantitative estimate of drug-likeness (QED) is 0.296. The van der Waals surface area contributed by atoms with Gasteiger partial charge in [-0.25, -0.2) is 0 Å². The summed E-state index contributed by atoms with van der Waals surface area (Å²) in [4.78, 5) is 13.9. The van der Waals surface area contributed by atoms with Crippen LogP contribution >= 0.6 is 0 Å². The third kappa shape index (κ3) is 4.60. The first-order valence-corrected chi connectivity index (χ1v) is 5.74. The van der Waals surface area contributed by atoms with Gasteiger partial charge >= 0.3 is 0 Å². The predicted molar refractivity (Wildman–Crippen MR) is 65.9 cm³/mol. The second kappa shape index (κ2) is 7.89. The molecule has 1 amide bonds. The molecule has 6 heteroatoms. The first-order chi connectivity index (χ1) is 7.99. The van der Waals surface area contributed by atoms with Crippen molar-refractivity contribution in [2.75, 3.05) is 26.8 Å². The summed E-state index contributed by atoms with van der Waals surface area (Å²) in [5.41, 5.74) is 5.56. The Morgan fingerprint density at radius 3 is 2.47 bits per heavy atom. The molecule has 1 atom stereocenters. The van der Waals surface area contributed by atoms with Crippen LogP contribution in [0.2, 0.25) is 0 Å². The second-order valence-electron chi connectivity index (χ2n) is 4.16. The van der Waals surface area contributed by atoms with E-state index in [4.69, 9.17) is 15.7 Å². The standard InChI is InChI=1S/C11H23N3O3/c1-5-14(6-7-17-4)11(15)9(8(2)3)10(12)13-16/h8-9,16H,5-7H2,1-4H3,(H2,12,13). The summed E-state index contributed by atoms with van der Waals surface area (Å²) in [5, 5.41) is 11.6. The molecule has 0 radical (unpaired) electrons. The number of amidine groups is 1. The Hall–Kier alpha value is -1.30. The summed E-state index contributed by atoms with van der Waals surface area (Å²) in [6.45, 7) is 7.17. The van der Waals surface area contributed by atoms with Crippen LogP contribution in [-0.2, 0) is 9.53 Å². The van der Waals surface area contributed by atoms with Crippen LogP contribution in [0.4, 0.5) is 0 Å². The Morgan fingerprint density at radius 2 is 2.12 bits per heavy atom. The van der Waals surface area contributed by atoms with Crippen molar-refractivity contribution in [1.29, 1.82) is 0 Å². The summed E-state index contributed by atoms with van der Waals surface area (Å²) in [6.07, 6.45) is 0. The molecule has 0 bridgehead atoms. The molecule has 0 rings (SSSR count). The minimum Gasteiger partial charge on any atom is -0.409 e. The third-order valence-corrected chi connectivity index (χ3v) is 2.63. The number of amides is 1. The molecule has 6 nitrogen and oxygen atoms in total. The van der Waals surface area contributed by atoms with Crippen molar-refractivity contribution in [2.24, 2.45) is 22.7 Å². The van der Waals surface area contributed by atoms with Crippen molar-refractivity contribution in [2.45, 2.75) is 20.8 Å². The van der Waals surface area contributed by atoms with Gasteiger partial charge in [0.1, 0.15) is 5.92 Å². The molecule has 0 fully saturated rings. The van der Waals surface area contributed by atoms with Crippen LogP contribution < -0.4 is 5.73 Å². The zero-order valence-electron chi connectivity index (χ0n) is 11.0. The molecular weight excluding hydrogens is 222 g/mol. The molecule has 0 aliphatic heterocycles. The summed E-state index contributed by atoms with van der Waals surface area (Å²) in [6, 6.07) is 0. The highest BCUT2D eigenvalue weighted by Gasteiger charge is 2.30. The van der Waals surface area contributed by atoms with E-state index in [0.29, 0.717) is 19.7 Å². The van der Waals surface area contributed by atoms with Gasteiger partial charge in [-0.2, -0.15) is 0 Å². The number of carbonyl (C=O) groups excluding carboxylic acids is 1. The maximum absolute atomic E-state index is 12.2. The summed E-state index contributed by atoms with van der Waals surface area (Å²) in [5.74, 6) is -0.775. The van der Waals surface area contributed by atoms with Crippen LogP contribution in [-0.4, -0.2) is 48.7 Å². The molecule has 0 aromatic heterocycles. The van der Waals surface area contributed by atoms with Gasteiger partial charge in [-0.05, 0) is 12.8 Å². The molecule has 100 valence electrons. The molecule has 0 aromatic rings. The number of carbonyl (C=O) groups is 1. The molecule has 0 aliphatic rings. The molecular formula is C11H23N3O3. The van der Waals surface area contributed by atoms with E-state index < -0.39 is 5.92 Å². The maximum Gasteiger partial charge on any atom is 0.233 e. The normalized spacial score (nSPS) is 13.8. The average Bonchev–Trinajstić information content (AvgIpc) is 2.29. The van der Waals surface area contributed by atoms with E-state index in [1.165, 1.54) is 0 Å². The number of nitrogens with zero attached hydrogens (tertiary/aromatic N) is 2. The van der Waals surface area contributed by atoms with E-state index in [1.54, 1.807) is 12.0 Å². The van der Waals surface area contributed by atoms with Crippen molar-refractivity contribution in [3.63, 3.8) is 0 Å². The van der Waals surface area contributed by atoms with Gasteiger partial charge in [0.25, 0.3) is 0 Å².